The third-order valence-electron chi connectivity index (χ3n) is 3.33. The smallest absolute Gasteiger partial charge is 0.269 e. The lowest BCUT2D eigenvalue weighted by Gasteiger charge is -2.26. The highest BCUT2D eigenvalue weighted by Gasteiger charge is 2.20. The van der Waals surface area contributed by atoms with Crippen LogP contribution in [0.15, 0.2) is 18.3 Å². The van der Waals surface area contributed by atoms with Gasteiger partial charge in [-0.05, 0) is 37.3 Å². The van der Waals surface area contributed by atoms with Gasteiger partial charge in [0.2, 0.25) is 0 Å². The number of rotatable bonds is 3. The van der Waals surface area contributed by atoms with E-state index in [1.165, 1.54) is 12.1 Å². The van der Waals surface area contributed by atoms with Gasteiger partial charge in [0.25, 0.3) is 5.91 Å². The first-order valence-corrected chi connectivity index (χ1v) is 6.30. The second-order valence-corrected chi connectivity index (χ2v) is 4.86. The fourth-order valence-corrected chi connectivity index (χ4v) is 2.36. The summed E-state index contributed by atoms with van der Waals surface area (Å²) in [6, 6.07) is 2.88. The fourth-order valence-electron chi connectivity index (χ4n) is 2.36. The summed E-state index contributed by atoms with van der Waals surface area (Å²) in [6.07, 6.45) is 5.30. The molecule has 106 valence electrons. The first-order valence-electron chi connectivity index (χ1n) is 6.30. The van der Waals surface area contributed by atoms with Gasteiger partial charge in [0, 0.05) is 12.6 Å². The Morgan fingerprint density at radius 3 is 2.89 bits per heavy atom. The van der Waals surface area contributed by atoms with Gasteiger partial charge in [-0.15, -0.1) is 12.4 Å². The van der Waals surface area contributed by atoms with Gasteiger partial charge in [-0.25, -0.2) is 9.37 Å². The number of hydrogen-bond donors (Lipinski definition) is 2. The highest BCUT2D eigenvalue weighted by atomic mass is 35.5. The standard InChI is InChI=1S/C13H18FN3O.ClH/c14-10-4-5-12(16-8-10)13(18)17-7-9-2-1-3-11(15)6-9;/h4-5,8-9,11H,1-3,6-7,15H2,(H,17,18);1H. The fraction of sp³-hybridized carbons (Fsp3) is 0.538. The molecule has 1 fully saturated rings. The van der Waals surface area contributed by atoms with E-state index in [0.29, 0.717) is 12.5 Å². The molecule has 1 amide bonds. The lowest BCUT2D eigenvalue weighted by atomic mass is 9.86. The van der Waals surface area contributed by atoms with Crippen LogP contribution in [-0.2, 0) is 0 Å². The Balaban J connectivity index is 0.00000180. The van der Waals surface area contributed by atoms with Gasteiger partial charge in [0.05, 0.1) is 6.20 Å². The van der Waals surface area contributed by atoms with Crippen LogP contribution >= 0.6 is 12.4 Å². The summed E-state index contributed by atoms with van der Waals surface area (Å²) < 4.78 is 12.7. The van der Waals surface area contributed by atoms with Crippen molar-refractivity contribution in [1.29, 1.82) is 0 Å². The largest absolute Gasteiger partial charge is 0.350 e. The number of nitrogens with one attached hydrogen (secondary N) is 1. The van der Waals surface area contributed by atoms with Gasteiger partial charge >= 0.3 is 0 Å². The van der Waals surface area contributed by atoms with Crippen LogP contribution < -0.4 is 11.1 Å². The molecule has 0 saturated heterocycles. The number of nitrogens with zero attached hydrogens (tertiary/aromatic N) is 1. The minimum Gasteiger partial charge on any atom is -0.350 e. The lowest BCUT2D eigenvalue weighted by Crippen LogP contribution is -2.35. The predicted octanol–water partition coefficient (Wildman–Crippen LogP) is 1.89. The SMILES string of the molecule is Cl.NC1CCCC(CNC(=O)c2ccc(F)cn2)C1. The Hall–Kier alpha value is -1.20. The van der Waals surface area contributed by atoms with Crippen molar-refractivity contribution in [2.45, 2.75) is 31.7 Å². The molecule has 2 atom stereocenters. The molecule has 0 aliphatic heterocycles. The van der Waals surface area contributed by atoms with Crippen molar-refractivity contribution in [1.82, 2.24) is 10.3 Å². The molecule has 6 heteroatoms. The predicted molar refractivity (Wildman–Crippen MR) is 73.7 cm³/mol. The van der Waals surface area contributed by atoms with Crippen LogP contribution in [0.25, 0.3) is 0 Å². The zero-order valence-electron chi connectivity index (χ0n) is 10.6. The summed E-state index contributed by atoms with van der Waals surface area (Å²) in [5.74, 6) is -0.253. The van der Waals surface area contributed by atoms with E-state index < -0.39 is 5.82 Å². The van der Waals surface area contributed by atoms with E-state index in [9.17, 15) is 9.18 Å². The maximum Gasteiger partial charge on any atom is 0.269 e. The molecule has 0 radical (unpaired) electrons. The van der Waals surface area contributed by atoms with E-state index in [0.717, 1.165) is 31.9 Å². The van der Waals surface area contributed by atoms with Gasteiger partial charge in [-0.2, -0.15) is 0 Å². The molecular formula is C13H19ClFN3O. The summed E-state index contributed by atoms with van der Waals surface area (Å²) in [7, 11) is 0. The number of carbonyl (C=O) groups is 1. The van der Waals surface area contributed by atoms with E-state index in [4.69, 9.17) is 5.73 Å². The lowest BCUT2D eigenvalue weighted by molar-refractivity contribution is 0.0937. The van der Waals surface area contributed by atoms with Gasteiger partial charge in [0.1, 0.15) is 11.5 Å². The minimum absolute atomic E-state index is 0. The Labute approximate surface area is 118 Å². The van der Waals surface area contributed by atoms with Crippen LogP contribution in [0.2, 0.25) is 0 Å². The van der Waals surface area contributed by atoms with E-state index in [1.807, 2.05) is 0 Å². The zero-order valence-corrected chi connectivity index (χ0v) is 11.5. The topological polar surface area (TPSA) is 68.0 Å². The van der Waals surface area contributed by atoms with Crippen molar-refractivity contribution < 1.29 is 9.18 Å². The number of halogens is 2. The van der Waals surface area contributed by atoms with Gasteiger partial charge in [-0.1, -0.05) is 6.42 Å². The number of nitrogens with two attached hydrogens (primary N) is 1. The highest BCUT2D eigenvalue weighted by molar-refractivity contribution is 5.92. The molecule has 19 heavy (non-hydrogen) atoms. The van der Waals surface area contributed by atoms with Crippen LogP contribution in [0.5, 0.6) is 0 Å². The Morgan fingerprint density at radius 2 is 2.26 bits per heavy atom. The summed E-state index contributed by atoms with van der Waals surface area (Å²) in [4.78, 5) is 15.5. The highest BCUT2D eigenvalue weighted by Crippen LogP contribution is 2.22. The normalized spacial score (nSPS) is 22.4. The molecule has 1 heterocycles. The van der Waals surface area contributed by atoms with Crippen LogP contribution in [0.1, 0.15) is 36.2 Å². The first-order chi connectivity index (χ1) is 8.65. The van der Waals surface area contributed by atoms with Gasteiger partial charge in [-0.3, -0.25) is 4.79 Å². The minimum atomic E-state index is -0.440. The van der Waals surface area contributed by atoms with E-state index >= 15 is 0 Å². The first kappa shape index (κ1) is 15.9. The third-order valence-corrected chi connectivity index (χ3v) is 3.33. The molecule has 1 aliphatic rings. The molecule has 0 aromatic carbocycles. The second-order valence-electron chi connectivity index (χ2n) is 4.86. The summed E-state index contributed by atoms with van der Waals surface area (Å²) >= 11 is 0. The van der Waals surface area contributed by atoms with Crippen molar-refractivity contribution in [3.63, 3.8) is 0 Å². The van der Waals surface area contributed by atoms with Crippen LogP contribution in [-0.4, -0.2) is 23.5 Å². The molecule has 3 N–H and O–H groups in total. The van der Waals surface area contributed by atoms with E-state index in [-0.39, 0.29) is 30.0 Å². The molecule has 1 aromatic rings. The van der Waals surface area contributed by atoms with Crippen LogP contribution in [0.3, 0.4) is 0 Å². The molecule has 1 aromatic heterocycles. The number of carbonyl (C=O) groups excluding carboxylic acids is 1. The third kappa shape index (κ3) is 4.76. The average molecular weight is 288 g/mol. The number of amides is 1. The van der Waals surface area contributed by atoms with Gasteiger partial charge in [0.15, 0.2) is 0 Å². The van der Waals surface area contributed by atoms with E-state index in [2.05, 4.69) is 10.3 Å². The molecule has 2 rings (SSSR count). The zero-order chi connectivity index (χ0) is 13.0. The van der Waals surface area contributed by atoms with Crippen molar-refractivity contribution in [3.05, 3.63) is 29.8 Å². The Kier molecular flexibility index (Phi) is 6.18. The van der Waals surface area contributed by atoms with Gasteiger partial charge < -0.3 is 11.1 Å². The molecule has 2 unspecified atom stereocenters. The maximum absolute atomic E-state index is 12.7. The Bertz CT molecular complexity index is 413. The van der Waals surface area contributed by atoms with Crippen molar-refractivity contribution >= 4 is 18.3 Å². The number of aromatic nitrogens is 1. The van der Waals surface area contributed by atoms with E-state index in [1.54, 1.807) is 0 Å². The Morgan fingerprint density at radius 1 is 1.47 bits per heavy atom. The van der Waals surface area contributed by atoms with Crippen molar-refractivity contribution in [3.8, 4) is 0 Å². The molecule has 0 bridgehead atoms. The number of pyridine rings is 1. The molecule has 4 nitrogen and oxygen atoms in total. The quantitative estimate of drug-likeness (QED) is 0.892. The summed E-state index contributed by atoms with van der Waals surface area (Å²) in [5, 5.41) is 2.83. The average Bonchev–Trinajstić information content (AvgIpc) is 2.37. The van der Waals surface area contributed by atoms with Crippen LogP contribution in [0, 0.1) is 11.7 Å². The molecule has 1 saturated carbocycles. The maximum atomic E-state index is 12.7. The molecule has 0 spiro atoms. The number of hydrogen-bond acceptors (Lipinski definition) is 3. The molecular weight excluding hydrogens is 269 g/mol. The molecule has 1 aliphatic carbocycles. The monoisotopic (exact) mass is 287 g/mol. The van der Waals surface area contributed by atoms with Crippen molar-refractivity contribution in [2.24, 2.45) is 11.7 Å². The van der Waals surface area contributed by atoms with Crippen molar-refractivity contribution in [2.75, 3.05) is 6.54 Å². The summed E-state index contributed by atoms with van der Waals surface area (Å²) in [6.45, 7) is 0.617. The summed E-state index contributed by atoms with van der Waals surface area (Å²) in [5.41, 5.74) is 6.14. The second kappa shape index (κ2) is 7.40. The van der Waals surface area contributed by atoms with Crippen LogP contribution in [0.4, 0.5) is 4.39 Å².